The van der Waals surface area contributed by atoms with Crippen molar-refractivity contribution in [1.29, 1.82) is 0 Å². The first-order valence-corrected chi connectivity index (χ1v) is 5.16. The van der Waals surface area contributed by atoms with Crippen LogP contribution in [0.4, 0.5) is 13.2 Å². The van der Waals surface area contributed by atoms with Crippen LogP contribution in [0.2, 0.25) is 10.0 Å². The second-order valence-electron chi connectivity index (χ2n) is 3.30. The minimum Gasteiger partial charge on any atom is -0.353 e. The van der Waals surface area contributed by atoms with E-state index in [2.05, 4.69) is 4.98 Å². The van der Waals surface area contributed by atoms with Gasteiger partial charge in [0, 0.05) is 6.07 Å². The fraction of sp³-hybridized carbons (Fsp3) is 0.100. The maximum absolute atomic E-state index is 13.3. The zero-order valence-electron chi connectivity index (χ0n) is 8.03. The summed E-state index contributed by atoms with van der Waals surface area (Å²) >= 11 is 11.1. The van der Waals surface area contributed by atoms with Gasteiger partial charge in [0.2, 0.25) is 0 Å². The lowest BCUT2D eigenvalue weighted by molar-refractivity contribution is 0.146. The van der Waals surface area contributed by atoms with Crippen LogP contribution in [-0.2, 0) is 0 Å². The van der Waals surface area contributed by atoms with Gasteiger partial charge >= 0.3 is 0 Å². The van der Waals surface area contributed by atoms with Crippen LogP contribution in [0.5, 0.6) is 0 Å². The highest BCUT2D eigenvalue weighted by Gasteiger charge is 2.16. The van der Waals surface area contributed by atoms with E-state index < -0.39 is 28.4 Å². The molecule has 1 aromatic carbocycles. The number of pyridine rings is 1. The van der Waals surface area contributed by atoms with Crippen LogP contribution in [0, 0.1) is 5.82 Å². The molecule has 2 rings (SSSR count). The van der Waals surface area contributed by atoms with Gasteiger partial charge < -0.3 is 4.98 Å². The average molecular weight is 282 g/mol. The first-order valence-electron chi connectivity index (χ1n) is 4.40. The van der Waals surface area contributed by atoms with Crippen molar-refractivity contribution >= 4 is 34.1 Å². The molecule has 0 unspecified atom stereocenters. The minimum absolute atomic E-state index is 0.0239. The molecule has 0 radical (unpaired) electrons. The number of alkyl halides is 2. The molecule has 0 bridgehead atoms. The Balaban J connectivity index is 2.92. The maximum atomic E-state index is 13.3. The topological polar surface area (TPSA) is 32.9 Å². The van der Waals surface area contributed by atoms with Gasteiger partial charge in [-0.25, -0.2) is 13.2 Å². The molecule has 0 amide bonds. The van der Waals surface area contributed by atoms with Crippen LogP contribution in [0.1, 0.15) is 12.1 Å². The molecule has 1 heterocycles. The van der Waals surface area contributed by atoms with E-state index in [1.165, 1.54) is 0 Å². The standard InChI is InChI=1S/C10H4Cl2F3NO/c11-3-1-4-7(8(12)9(3)13)6(17)2-5(16-4)10(14)15/h1-2,10H,(H,16,17). The fourth-order valence-corrected chi connectivity index (χ4v) is 2.01. The molecule has 0 aliphatic heterocycles. The third-order valence-corrected chi connectivity index (χ3v) is 2.84. The van der Waals surface area contributed by atoms with Gasteiger partial charge in [-0.15, -0.1) is 0 Å². The van der Waals surface area contributed by atoms with Gasteiger partial charge in [0.15, 0.2) is 11.2 Å². The Morgan fingerprint density at radius 2 is 1.88 bits per heavy atom. The molecule has 7 heteroatoms. The van der Waals surface area contributed by atoms with E-state index >= 15 is 0 Å². The zero-order chi connectivity index (χ0) is 12.7. The van der Waals surface area contributed by atoms with Crippen molar-refractivity contribution in [3.63, 3.8) is 0 Å². The van der Waals surface area contributed by atoms with Crippen LogP contribution in [0.25, 0.3) is 10.9 Å². The van der Waals surface area contributed by atoms with Crippen LogP contribution in [0.3, 0.4) is 0 Å². The first-order chi connectivity index (χ1) is 7.91. The van der Waals surface area contributed by atoms with E-state index in [1.54, 1.807) is 0 Å². The van der Waals surface area contributed by atoms with Gasteiger partial charge in [-0.3, -0.25) is 4.79 Å². The van der Waals surface area contributed by atoms with Crippen LogP contribution >= 0.6 is 23.2 Å². The molecule has 17 heavy (non-hydrogen) atoms. The summed E-state index contributed by atoms with van der Waals surface area (Å²) in [6, 6.07) is 1.73. The van der Waals surface area contributed by atoms with Crippen LogP contribution < -0.4 is 5.43 Å². The minimum atomic E-state index is -2.84. The lowest BCUT2D eigenvalue weighted by Crippen LogP contribution is -2.07. The summed E-state index contributed by atoms with van der Waals surface area (Å²) in [6.07, 6.45) is -2.84. The molecule has 2 aromatic rings. The molecule has 0 aliphatic carbocycles. The first kappa shape index (κ1) is 12.3. The third kappa shape index (κ3) is 2.00. The van der Waals surface area contributed by atoms with Gasteiger partial charge in [0.1, 0.15) is 0 Å². The van der Waals surface area contributed by atoms with Crippen molar-refractivity contribution < 1.29 is 13.2 Å². The molecule has 0 saturated carbocycles. The van der Waals surface area contributed by atoms with Crippen molar-refractivity contribution in [1.82, 2.24) is 4.98 Å². The summed E-state index contributed by atoms with van der Waals surface area (Å²) in [4.78, 5) is 13.8. The van der Waals surface area contributed by atoms with Gasteiger partial charge in [0.25, 0.3) is 6.43 Å². The van der Waals surface area contributed by atoms with Crippen LogP contribution in [-0.4, -0.2) is 4.98 Å². The summed E-state index contributed by atoms with van der Waals surface area (Å²) in [5.41, 5.74) is -1.37. The van der Waals surface area contributed by atoms with E-state index in [4.69, 9.17) is 23.2 Å². The van der Waals surface area contributed by atoms with Crippen LogP contribution in [0.15, 0.2) is 16.9 Å². The monoisotopic (exact) mass is 281 g/mol. The van der Waals surface area contributed by atoms with Crippen molar-refractivity contribution in [3.05, 3.63) is 43.9 Å². The Labute approximate surface area is 103 Å². The van der Waals surface area contributed by atoms with Crippen molar-refractivity contribution in [2.45, 2.75) is 6.43 Å². The van der Waals surface area contributed by atoms with Crippen molar-refractivity contribution in [2.75, 3.05) is 0 Å². The van der Waals surface area contributed by atoms with E-state index in [0.29, 0.717) is 6.07 Å². The molecular weight excluding hydrogens is 278 g/mol. The predicted molar refractivity (Wildman–Crippen MR) is 59.5 cm³/mol. The molecule has 2 nitrogen and oxygen atoms in total. The summed E-state index contributed by atoms with van der Waals surface area (Å²) in [5.74, 6) is -0.948. The lowest BCUT2D eigenvalue weighted by Gasteiger charge is -2.06. The molecule has 90 valence electrons. The van der Waals surface area contributed by atoms with Crippen molar-refractivity contribution in [2.24, 2.45) is 0 Å². The summed E-state index contributed by atoms with van der Waals surface area (Å²) in [5, 5.41) is -1.02. The second-order valence-corrected chi connectivity index (χ2v) is 4.08. The Hall–Kier alpha value is -1.20. The Morgan fingerprint density at radius 3 is 2.47 bits per heavy atom. The van der Waals surface area contributed by atoms with Gasteiger partial charge in [0.05, 0.1) is 26.6 Å². The fourth-order valence-electron chi connectivity index (χ4n) is 1.46. The van der Waals surface area contributed by atoms with E-state index in [-0.39, 0.29) is 15.9 Å². The number of hydrogen-bond donors (Lipinski definition) is 1. The quantitative estimate of drug-likeness (QED) is 0.790. The van der Waals surface area contributed by atoms with Gasteiger partial charge in [-0.1, -0.05) is 23.2 Å². The van der Waals surface area contributed by atoms with Crippen molar-refractivity contribution in [3.8, 4) is 0 Å². The van der Waals surface area contributed by atoms with Gasteiger partial charge in [-0.2, -0.15) is 0 Å². The summed E-state index contributed by atoms with van der Waals surface area (Å²) in [6.45, 7) is 0. The SMILES string of the molecule is O=c1cc(C(F)F)[nH]c2cc(Cl)c(F)c(Cl)c12. The molecule has 0 aliphatic rings. The highest BCUT2D eigenvalue weighted by Crippen LogP contribution is 2.30. The summed E-state index contributed by atoms with van der Waals surface area (Å²) < 4.78 is 38.2. The Morgan fingerprint density at radius 1 is 1.24 bits per heavy atom. The number of nitrogens with one attached hydrogen (secondary N) is 1. The Kier molecular flexibility index (Phi) is 3.05. The zero-order valence-corrected chi connectivity index (χ0v) is 9.54. The second kappa shape index (κ2) is 4.23. The largest absolute Gasteiger partial charge is 0.353 e. The third-order valence-electron chi connectivity index (χ3n) is 2.21. The molecule has 0 saturated heterocycles. The number of rotatable bonds is 1. The van der Waals surface area contributed by atoms with E-state index in [0.717, 1.165) is 6.07 Å². The number of hydrogen-bond acceptors (Lipinski definition) is 1. The molecule has 0 fully saturated rings. The number of aromatic nitrogens is 1. The lowest BCUT2D eigenvalue weighted by atomic mass is 10.2. The smallest absolute Gasteiger partial charge is 0.278 e. The summed E-state index contributed by atoms with van der Waals surface area (Å²) in [7, 11) is 0. The van der Waals surface area contributed by atoms with Gasteiger partial charge in [-0.05, 0) is 6.07 Å². The highest BCUT2D eigenvalue weighted by molar-refractivity contribution is 6.38. The predicted octanol–water partition coefficient (Wildman–Crippen LogP) is 3.91. The molecule has 0 atom stereocenters. The maximum Gasteiger partial charge on any atom is 0.278 e. The number of H-pyrrole nitrogens is 1. The van der Waals surface area contributed by atoms with E-state index in [9.17, 15) is 18.0 Å². The molecule has 1 aromatic heterocycles. The number of benzene rings is 1. The average Bonchev–Trinajstić information content (AvgIpc) is 2.25. The Bertz CT molecular complexity index is 654. The number of halogens is 5. The molecule has 0 spiro atoms. The number of fused-ring (bicyclic) bond motifs is 1. The molecular formula is C10H4Cl2F3NO. The highest BCUT2D eigenvalue weighted by atomic mass is 35.5. The van der Waals surface area contributed by atoms with E-state index in [1.807, 2.05) is 0 Å². The normalized spacial score (nSPS) is 11.4. The number of aromatic amines is 1. The molecule has 1 N–H and O–H groups in total.